The first-order valence-corrected chi connectivity index (χ1v) is 3.63. The van der Waals surface area contributed by atoms with Crippen LogP contribution in [0.1, 0.15) is 5.56 Å². The summed E-state index contributed by atoms with van der Waals surface area (Å²) in [5, 5.41) is 17.4. The minimum Gasteiger partial charge on any atom is -0.481 e. The van der Waals surface area contributed by atoms with E-state index in [0.29, 0.717) is 0 Å². The molecule has 15 heavy (non-hydrogen) atoms. The molecular formula is C8H8ClFN2O3. The van der Waals surface area contributed by atoms with Gasteiger partial charge in [0, 0.05) is 11.6 Å². The van der Waals surface area contributed by atoms with Gasteiger partial charge in [0.1, 0.15) is 0 Å². The molecule has 0 fully saturated rings. The number of ether oxygens (including phenoxy) is 1. The van der Waals surface area contributed by atoms with Crippen LogP contribution < -0.4 is 0 Å². The molecule has 82 valence electrons. The molecule has 1 aromatic rings. The zero-order valence-corrected chi connectivity index (χ0v) is 8.51. The second kappa shape index (κ2) is 5.26. The van der Waals surface area contributed by atoms with E-state index in [4.69, 9.17) is 5.41 Å². The first kappa shape index (κ1) is 13.3. The quantitative estimate of drug-likeness (QED) is 0.369. The number of nitrogens with zero attached hydrogens (tertiary/aromatic N) is 1. The van der Waals surface area contributed by atoms with Gasteiger partial charge in [0.15, 0.2) is 0 Å². The Balaban J connectivity index is 0.00000196. The molecule has 0 aliphatic heterocycles. The summed E-state index contributed by atoms with van der Waals surface area (Å²) >= 11 is 0. The molecule has 0 aromatic heterocycles. The highest BCUT2D eigenvalue weighted by Crippen LogP contribution is 2.18. The van der Waals surface area contributed by atoms with Crippen molar-refractivity contribution in [3.8, 4) is 0 Å². The van der Waals surface area contributed by atoms with Gasteiger partial charge < -0.3 is 4.74 Å². The fraction of sp³-hybridized carbons (Fsp3) is 0.125. The minimum absolute atomic E-state index is 0. The van der Waals surface area contributed by atoms with E-state index in [1.165, 1.54) is 13.2 Å². The molecule has 0 bridgehead atoms. The van der Waals surface area contributed by atoms with Crippen LogP contribution in [-0.4, -0.2) is 17.9 Å². The normalized spacial score (nSPS) is 8.93. The summed E-state index contributed by atoms with van der Waals surface area (Å²) < 4.78 is 17.5. The van der Waals surface area contributed by atoms with Gasteiger partial charge >= 0.3 is 5.69 Å². The van der Waals surface area contributed by atoms with E-state index >= 15 is 0 Å². The molecule has 7 heteroatoms. The van der Waals surface area contributed by atoms with Crippen molar-refractivity contribution in [1.29, 1.82) is 5.41 Å². The Bertz CT molecular complexity index is 397. The number of hydrogen-bond donors (Lipinski definition) is 1. The summed E-state index contributed by atoms with van der Waals surface area (Å²) in [5.74, 6) is -1.21. The average Bonchev–Trinajstić information content (AvgIpc) is 2.15. The lowest BCUT2D eigenvalue weighted by atomic mass is 10.2. The van der Waals surface area contributed by atoms with Crippen LogP contribution in [0.5, 0.6) is 0 Å². The highest BCUT2D eigenvalue weighted by atomic mass is 35.5. The Morgan fingerprint density at radius 3 is 2.60 bits per heavy atom. The fourth-order valence-corrected chi connectivity index (χ4v) is 0.914. The Hall–Kier alpha value is -1.69. The van der Waals surface area contributed by atoms with Gasteiger partial charge in [-0.2, -0.15) is 4.39 Å². The van der Waals surface area contributed by atoms with Gasteiger partial charge in [0.05, 0.1) is 12.0 Å². The molecule has 0 saturated carbocycles. The SMILES string of the molecule is COC(=N)c1ccc([N+](=O)[O-])c(F)c1.Cl. The number of nitrogens with one attached hydrogen (secondary N) is 1. The molecule has 0 radical (unpaired) electrons. The molecule has 0 aliphatic rings. The summed E-state index contributed by atoms with van der Waals surface area (Å²) in [6.07, 6.45) is 0. The van der Waals surface area contributed by atoms with Crippen LogP contribution in [0.4, 0.5) is 10.1 Å². The smallest absolute Gasteiger partial charge is 0.304 e. The number of methoxy groups -OCH3 is 1. The van der Waals surface area contributed by atoms with Crippen molar-refractivity contribution in [1.82, 2.24) is 0 Å². The Morgan fingerprint density at radius 1 is 1.60 bits per heavy atom. The Kier molecular flexibility index (Phi) is 4.66. The van der Waals surface area contributed by atoms with Crippen molar-refractivity contribution in [2.24, 2.45) is 0 Å². The zero-order chi connectivity index (χ0) is 10.7. The molecule has 0 heterocycles. The number of hydrogen-bond acceptors (Lipinski definition) is 4. The van der Waals surface area contributed by atoms with E-state index < -0.39 is 16.4 Å². The average molecular weight is 235 g/mol. The zero-order valence-electron chi connectivity index (χ0n) is 7.69. The lowest BCUT2D eigenvalue weighted by Gasteiger charge is -2.01. The summed E-state index contributed by atoms with van der Waals surface area (Å²) in [5.41, 5.74) is -0.451. The Morgan fingerprint density at radius 2 is 2.20 bits per heavy atom. The minimum atomic E-state index is -0.977. The van der Waals surface area contributed by atoms with E-state index in [1.807, 2.05) is 0 Å². The number of nitro benzene ring substituents is 1. The number of halogens is 2. The Labute approximate surface area is 90.9 Å². The van der Waals surface area contributed by atoms with Gasteiger partial charge in [-0.25, -0.2) is 0 Å². The van der Waals surface area contributed by atoms with Crippen LogP contribution in [0, 0.1) is 21.3 Å². The van der Waals surface area contributed by atoms with Crippen LogP contribution >= 0.6 is 12.4 Å². The second-order valence-electron chi connectivity index (χ2n) is 2.46. The monoisotopic (exact) mass is 234 g/mol. The third-order valence-electron chi connectivity index (χ3n) is 1.61. The highest BCUT2D eigenvalue weighted by Gasteiger charge is 2.15. The van der Waals surface area contributed by atoms with Crippen LogP contribution in [-0.2, 0) is 4.74 Å². The van der Waals surface area contributed by atoms with E-state index in [2.05, 4.69) is 4.74 Å². The lowest BCUT2D eigenvalue weighted by Crippen LogP contribution is -2.02. The van der Waals surface area contributed by atoms with E-state index in [1.54, 1.807) is 0 Å². The molecule has 5 nitrogen and oxygen atoms in total. The number of nitro groups is 1. The van der Waals surface area contributed by atoms with Crippen LogP contribution in [0.25, 0.3) is 0 Å². The summed E-state index contributed by atoms with van der Waals surface area (Å²) in [7, 11) is 1.27. The largest absolute Gasteiger partial charge is 0.481 e. The van der Waals surface area contributed by atoms with Gasteiger partial charge in [-0.1, -0.05) is 0 Å². The maximum absolute atomic E-state index is 13.0. The van der Waals surface area contributed by atoms with Gasteiger partial charge in [-0.3, -0.25) is 15.5 Å². The molecule has 0 saturated heterocycles. The van der Waals surface area contributed by atoms with Crippen LogP contribution in [0.15, 0.2) is 18.2 Å². The topological polar surface area (TPSA) is 76.2 Å². The third kappa shape index (κ3) is 2.88. The summed E-state index contributed by atoms with van der Waals surface area (Å²) in [4.78, 5) is 9.43. The number of rotatable bonds is 2. The van der Waals surface area contributed by atoms with Gasteiger partial charge in [-0.15, -0.1) is 12.4 Å². The van der Waals surface area contributed by atoms with Gasteiger partial charge in [-0.05, 0) is 12.1 Å². The first-order valence-electron chi connectivity index (χ1n) is 3.63. The van der Waals surface area contributed by atoms with Crippen molar-refractivity contribution in [3.05, 3.63) is 39.7 Å². The highest BCUT2D eigenvalue weighted by molar-refractivity contribution is 5.91. The predicted molar refractivity (Wildman–Crippen MR) is 54.1 cm³/mol. The van der Waals surface area contributed by atoms with E-state index in [9.17, 15) is 14.5 Å². The van der Waals surface area contributed by atoms with Crippen LogP contribution in [0.2, 0.25) is 0 Å². The number of benzene rings is 1. The summed E-state index contributed by atoms with van der Waals surface area (Å²) in [6, 6.07) is 3.15. The maximum Gasteiger partial charge on any atom is 0.304 e. The maximum atomic E-state index is 13.0. The molecule has 0 unspecified atom stereocenters. The standard InChI is InChI=1S/C8H7FN2O3.ClH/c1-14-8(10)5-2-3-7(11(12)13)6(9)4-5;/h2-4,10H,1H3;1H. The van der Waals surface area contributed by atoms with Crippen molar-refractivity contribution < 1.29 is 14.1 Å². The molecule has 1 rings (SSSR count). The molecule has 0 amide bonds. The molecule has 0 aliphatic carbocycles. The van der Waals surface area contributed by atoms with Crippen molar-refractivity contribution in [2.75, 3.05) is 7.11 Å². The molecule has 0 spiro atoms. The van der Waals surface area contributed by atoms with Gasteiger partial charge in [0.25, 0.3) is 0 Å². The molecular weight excluding hydrogens is 227 g/mol. The van der Waals surface area contributed by atoms with Crippen molar-refractivity contribution in [2.45, 2.75) is 0 Å². The predicted octanol–water partition coefficient (Wildman–Crippen LogP) is 2.13. The third-order valence-corrected chi connectivity index (χ3v) is 1.61. The lowest BCUT2D eigenvalue weighted by molar-refractivity contribution is -0.387. The fourth-order valence-electron chi connectivity index (χ4n) is 0.914. The molecule has 0 atom stereocenters. The first-order chi connectivity index (χ1) is 6.56. The summed E-state index contributed by atoms with van der Waals surface area (Å²) in [6.45, 7) is 0. The van der Waals surface area contributed by atoms with E-state index in [-0.39, 0.29) is 23.9 Å². The van der Waals surface area contributed by atoms with E-state index in [0.717, 1.165) is 12.1 Å². The van der Waals surface area contributed by atoms with Crippen molar-refractivity contribution in [3.63, 3.8) is 0 Å². The van der Waals surface area contributed by atoms with Crippen LogP contribution in [0.3, 0.4) is 0 Å². The molecule has 1 aromatic carbocycles. The second-order valence-corrected chi connectivity index (χ2v) is 2.46. The molecule has 1 N–H and O–H groups in total. The van der Waals surface area contributed by atoms with Crippen molar-refractivity contribution >= 4 is 24.0 Å². The van der Waals surface area contributed by atoms with Gasteiger partial charge in [0.2, 0.25) is 11.7 Å².